The molecule has 0 aliphatic heterocycles. The molecule has 0 bridgehead atoms. The molecule has 0 aliphatic carbocycles. The molecule has 4 rings (SSSR count). The first-order valence-electron chi connectivity index (χ1n) is 7.03. The van der Waals surface area contributed by atoms with Gasteiger partial charge in [0.05, 0.1) is 0 Å². The van der Waals surface area contributed by atoms with Crippen molar-refractivity contribution >= 4 is 32.6 Å². The van der Waals surface area contributed by atoms with Crippen LogP contribution in [0.2, 0.25) is 0 Å². The van der Waals surface area contributed by atoms with Gasteiger partial charge in [-0.05, 0) is 18.2 Å². The van der Waals surface area contributed by atoms with Crippen molar-refractivity contribution in [2.24, 2.45) is 7.05 Å². The summed E-state index contributed by atoms with van der Waals surface area (Å²) in [7, 11) is 1.87. The van der Waals surface area contributed by atoms with Crippen LogP contribution < -0.4 is 10.1 Å². The third-order valence-electron chi connectivity index (χ3n) is 3.14. The average Bonchev–Trinajstić information content (AvgIpc) is 3.14. The van der Waals surface area contributed by atoms with Gasteiger partial charge in [-0.1, -0.05) is 29.5 Å². The van der Waals surface area contributed by atoms with Crippen molar-refractivity contribution in [1.82, 2.24) is 19.7 Å². The van der Waals surface area contributed by atoms with E-state index in [4.69, 9.17) is 4.74 Å². The summed E-state index contributed by atoms with van der Waals surface area (Å²) in [5.41, 5.74) is 0.828. The highest BCUT2D eigenvalue weighted by Crippen LogP contribution is 2.29. The van der Waals surface area contributed by atoms with Crippen molar-refractivity contribution < 1.29 is 4.74 Å². The molecule has 7 heteroatoms. The van der Waals surface area contributed by atoms with E-state index in [1.807, 2.05) is 61.8 Å². The quantitative estimate of drug-likeness (QED) is 0.616. The molecule has 0 radical (unpaired) electrons. The van der Waals surface area contributed by atoms with Crippen molar-refractivity contribution in [2.45, 2.75) is 0 Å². The van der Waals surface area contributed by atoms with Gasteiger partial charge in [0, 0.05) is 25.4 Å². The van der Waals surface area contributed by atoms with Crippen LogP contribution in [0.4, 0.5) is 10.9 Å². The lowest BCUT2D eigenvalue weighted by Crippen LogP contribution is -1.92. The highest BCUT2D eigenvalue weighted by molar-refractivity contribution is 7.21. The Morgan fingerprint density at radius 1 is 1.04 bits per heavy atom. The summed E-state index contributed by atoms with van der Waals surface area (Å²) in [4.78, 5) is 9.83. The summed E-state index contributed by atoms with van der Waals surface area (Å²) in [5, 5.41) is 8.21. The molecular weight excluding hydrogens is 310 g/mol. The summed E-state index contributed by atoms with van der Waals surface area (Å²) in [6.07, 6.45) is 1.87. The molecule has 6 nitrogen and oxygen atoms in total. The van der Waals surface area contributed by atoms with Crippen molar-refractivity contribution in [1.29, 1.82) is 0 Å². The topological polar surface area (TPSA) is 64.9 Å². The zero-order chi connectivity index (χ0) is 15.6. The summed E-state index contributed by atoms with van der Waals surface area (Å²) in [6.45, 7) is 0. The largest absolute Gasteiger partial charge is 0.439 e. The SMILES string of the molecule is Cn1ccc(Nc2nc3ccc(Oc4ccccc4)nc3s2)n1. The van der Waals surface area contributed by atoms with Gasteiger partial charge < -0.3 is 10.1 Å². The van der Waals surface area contributed by atoms with Crippen molar-refractivity contribution in [2.75, 3.05) is 5.32 Å². The zero-order valence-electron chi connectivity index (χ0n) is 12.3. The summed E-state index contributed by atoms with van der Waals surface area (Å²) >= 11 is 1.46. The van der Waals surface area contributed by atoms with E-state index in [9.17, 15) is 0 Å². The minimum Gasteiger partial charge on any atom is -0.439 e. The van der Waals surface area contributed by atoms with Gasteiger partial charge in [-0.15, -0.1) is 0 Å². The number of hydrogen-bond donors (Lipinski definition) is 1. The number of anilines is 2. The smallest absolute Gasteiger partial charge is 0.220 e. The number of nitrogens with zero attached hydrogens (tertiary/aromatic N) is 4. The number of thiazole rings is 1. The number of nitrogens with one attached hydrogen (secondary N) is 1. The third-order valence-corrected chi connectivity index (χ3v) is 4.02. The molecule has 1 aromatic carbocycles. The number of fused-ring (bicyclic) bond motifs is 1. The molecule has 0 saturated carbocycles. The number of pyridine rings is 1. The highest BCUT2D eigenvalue weighted by Gasteiger charge is 2.08. The van der Waals surface area contributed by atoms with Crippen LogP contribution in [0.25, 0.3) is 10.3 Å². The summed E-state index contributed by atoms with van der Waals surface area (Å²) in [5.74, 6) is 2.07. The number of ether oxygens (including phenoxy) is 1. The van der Waals surface area contributed by atoms with E-state index >= 15 is 0 Å². The molecule has 0 saturated heterocycles. The molecule has 3 heterocycles. The van der Waals surface area contributed by atoms with Gasteiger partial charge in [0.15, 0.2) is 10.9 Å². The number of rotatable bonds is 4. The van der Waals surface area contributed by atoms with Gasteiger partial charge in [-0.25, -0.2) is 9.97 Å². The van der Waals surface area contributed by atoms with Gasteiger partial charge in [-0.3, -0.25) is 4.68 Å². The van der Waals surface area contributed by atoms with Crippen molar-refractivity contribution in [3.05, 3.63) is 54.7 Å². The second kappa shape index (κ2) is 5.69. The van der Waals surface area contributed by atoms with E-state index in [-0.39, 0.29) is 0 Å². The fraction of sp³-hybridized carbons (Fsp3) is 0.0625. The number of aryl methyl sites for hydroxylation is 1. The molecule has 0 fully saturated rings. The maximum atomic E-state index is 5.75. The van der Waals surface area contributed by atoms with Gasteiger partial charge in [0.2, 0.25) is 5.88 Å². The fourth-order valence-electron chi connectivity index (χ4n) is 2.11. The lowest BCUT2D eigenvalue weighted by atomic mass is 10.3. The van der Waals surface area contributed by atoms with E-state index in [1.54, 1.807) is 4.68 Å². The van der Waals surface area contributed by atoms with Gasteiger partial charge >= 0.3 is 0 Å². The second-order valence-electron chi connectivity index (χ2n) is 4.91. The molecule has 0 atom stereocenters. The summed E-state index contributed by atoms with van der Waals surface area (Å²) < 4.78 is 7.48. The van der Waals surface area contributed by atoms with Crippen LogP contribution >= 0.6 is 11.3 Å². The monoisotopic (exact) mass is 323 g/mol. The lowest BCUT2D eigenvalue weighted by Gasteiger charge is -2.03. The first-order valence-corrected chi connectivity index (χ1v) is 7.85. The molecule has 3 aromatic heterocycles. The minimum atomic E-state index is 0.553. The van der Waals surface area contributed by atoms with Crippen LogP contribution in [0.3, 0.4) is 0 Å². The van der Waals surface area contributed by atoms with E-state index in [2.05, 4.69) is 20.4 Å². The predicted octanol–water partition coefficient (Wildman–Crippen LogP) is 3.96. The van der Waals surface area contributed by atoms with Gasteiger partial charge in [0.25, 0.3) is 0 Å². The van der Waals surface area contributed by atoms with E-state index in [0.29, 0.717) is 5.88 Å². The van der Waals surface area contributed by atoms with Crippen LogP contribution in [0.1, 0.15) is 0 Å². The maximum absolute atomic E-state index is 5.75. The first kappa shape index (κ1) is 13.7. The molecule has 0 spiro atoms. The number of benzene rings is 1. The van der Waals surface area contributed by atoms with Crippen molar-refractivity contribution in [3.63, 3.8) is 0 Å². The first-order chi connectivity index (χ1) is 11.3. The van der Waals surface area contributed by atoms with Crippen LogP contribution in [0.15, 0.2) is 54.7 Å². The van der Waals surface area contributed by atoms with E-state index < -0.39 is 0 Å². The maximum Gasteiger partial charge on any atom is 0.220 e. The molecule has 0 unspecified atom stereocenters. The second-order valence-corrected chi connectivity index (χ2v) is 5.89. The lowest BCUT2D eigenvalue weighted by molar-refractivity contribution is 0.465. The van der Waals surface area contributed by atoms with Crippen molar-refractivity contribution in [3.8, 4) is 11.6 Å². The summed E-state index contributed by atoms with van der Waals surface area (Å²) in [6, 6.07) is 15.2. The molecule has 1 N–H and O–H groups in total. The minimum absolute atomic E-state index is 0.553. The van der Waals surface area contributed by atoms with Gasteiger partial charge in [-0.2, -0.15) is 5.10 Å². The van der Waals surface area contributed by atoms with Crippen LogP contribution in [-0.2, 0) is 7.05 Å². The van der Waals surface area contributed by atoms with E-state index in [0.717, 1.165) is 27.0 Å². The number of para-hydroxylation sites is 1. The Morgan fingerprint density at radius 3 is 2.70 bits per heavy atom. The Balaban J connectivity index is 1.59. The average molecular weight is 323 g/mol. The fourth-order valence-corrected chi connectivity index (χ4v) is 2.95. The highest BCUT2D eigenvalue weighted by atomic mass is 32.1. The Hall–Kier alpha value is -2.93. The molecule has 23 heavy (non-hydrogen) atoms. The number of hydrogen-bond acceptors (Lipinski definition) is 6. The third kappa shape index (κ3) is 3.00. The Labute approximate surface area is 136 Å². The molecule has 4 aromatic rings. The van der Waals surface area contributed by atoms with E-state index in [1.165, 1.54) is 11.3 Å². The van der Waals surface area contributed by atoms with Crippen LogP contribution in [0.5, 0.6) is 11.6 Å². The number of aromatic nitrogens is 4. The Morgan fingerprint density at radius 2 is 1.91 bits per heavy atom. The molecular formula is C16H13N5OS. The molecule has 0 aliphatic rings. The van der Waals surface area contributed by atoms with Crippen LogP contribution in [0, 0.1) is 0 Å². The Bertz CT molecular complexity index is 947. The molecule has 0 amide bonds. The predicted molar refractivity (Wildman–Crippen MR) is 90.4 cm³/mol. The zero-order valence-corrected chi connectivity index (χ0v) is 13.1. The standard InChI is InChI=1S/C16H13N5OS/c1-21-10-9-13(20-21)18-16-17-12-7-8-14(19-15(12)23-16)22-11-5-3-2-4-6-11/h2-10H,1H3,(H,17,18,20). The molecule has 114 valence electrons. The normalized spacial score (nSPS) is 10.8. The van der Waals surface area contributed by atoms with Crippen LogP contribution in [-0.4, -0.2) is 19.7 Å². The Kier molecular flexibility index (Phi) is 3.39. The van der Waals surface area contributed by atoms with Gasteiger partial charge in [0.1, 0.15) is 16.1 Å².